The SMILES string of the molecule is Cc1nn([C@H](C)[C@@H](C)O)cc1N1CCC[C@@H](c2nc3c4cc(F)cc(F)c4nc(N)n3n2)C1. The summed E-state index contributed by atoms with van der Waals surface area (Å²) in [4.78, 5) is 10.9. The lowest BCUT2D eigenvalue weighted by Crippen LogP contribution is -2.35. The quantitative estimate of drug-likeness (QED) is 0.486. The number of nitrogens with zero attached hydrogens (tertiary/aromatic N) is 7. The molecule has 3 atom stereocenters. The fourth-order valence-electron chi connectivity index (χ4n) is 4.47. The van der Waals surface area contributed by atoms with Crippen molar-refractivity contribution < 1.29 is 13.9 Å². The van der Waals surface area contributed by atoms with E-state index in [0.717, 1.165) is 36.8 Å². The van der Waals surface area contributed by atoms with Gasteiger partial charge in [-0.1, -0.05) is 0 Å². The van der Waals surface area contributed by atoms with Crippen LogP contribution in [0.15, 0.2) is 18.3 Å². The number of aromatic nitrogens is 6. The zero-order valence-electron chi connectivity index (χ0n) is 18.7. The molecule has 1 saturated heterocycles. The number of rotatable bonds is 4. The zero-order valence-corrected chi connectivity index (χ0v) is 18.7. The molecule has 1 aliphatic rings. The van der Waals surface area contributed by atoms with Gasteiger partial charge in [0.2, 0.25) is 5.95 Å². The van der Waals surface area contributed by atoms with Crippen molar-refractivity contribution in [1.29, 1.82) is 0 Å². The Morgan fingerprint density at radius 1 is 1.18 bits per heavy atom. The van der Waals surface area contributed by atoms with E-state index in [2.05, 4.69) is 25.1 Å². The third-order valence-corrected chi connectivity index (χ3v) is 6.47. The number of aliphatic hydroxyl groups excluding tert-OH is 1. The van der Waals surface area contributed by atoms with Crippen molar-refractivity contribution in [3.63, 3.8) is 0 Å². The predicted molar refractivity (Wildman–Crippen MR) is 120 cm³/mol. The molecule has 5 rings (SSSR count). The molecule has 0 unspecified atom stereocenters. The molecule has 4 heterocycles. The fourth-order valence-corrected chi connectivity index (χ4v) is 4.47. The number of benzene rings is 1. The van der Waals surface area contributed by atoms with Gasteiger partial charge in [0.15, 0.2) is 17.3 Å². The number of hydrogen-bond acceptors (Lipinski definition) is 7. The molecule has 0 aliphatic carbocycles. The third-order valence-electron chi connectivity index (χ3n) is 6.47. The van der Waals surface area contributed by atoms with Crippen molar-refractivity contribution in [1.82, 2.24) is 29.4 Å². The molecule has 11 heteroatoms. The van der Waals surface area contributed by atoms with E-state index in [0.29, 0.717) is 12.4 Å². The number of fused-ring (bicyclic) bond motifs is 3. The molecule has 0 radical (unpaired) electrons. The van der Waals surface area contributed by atoms with Crippen LogP contribution < -0.4 is 10.6 Å². The van der Waals surface area contributed by atoms with Gasteiger partial charge in [0.1, 0.15) is 11.3 Å². The highest BCUT2D eigenvalue weighted by atomic mass is 19.1. The number of aliphatic hydroxyl groups is 1. The second-order valence-corrected chi connectivity index (χ2v) is 8.81. The summed E-state index contributed by atoms with van der Waals surface area (Å²) >= 11 is 0. The first-order valence-electron chi connectivity index (χ1n) is 11.0. The van der Waals surface area contributed by atoms with Gasteiger partial charge in [-0.25, -0.2) is 18.7 Å². The summed E-state index contributed by atoms with van der Waals surface area (Å²) in [5, 5.41) is 19.3. The molecular formula is C22H26F2N8O. The molecule has 3 aromatic heterocycles. The normalized spacial score (nSPS) is 18.8. The van der Waals surface area contributed by atoms with Gasteiger partial charge >= 0.3 is 0 Å². The number of hydrogen-bond donors (Lipinski definition) is 2. The molecule has 1 aromatic carbocycles. The lowest BCUT2D eigenvalue weighted by atomic mass is 9.97. The topological polar surface area (TPSA) is 110 Å². The van der Waals surface area contributed by atoms with Gasteiger partial charge in [-0.05, 0) is 39.7 Å². The van der Waals surface area contributed by atoms with Crippen molar-refractivity contribution in [2.45, 2.75) is 51.7 Å². The van der Waals surface area contributed by atoms with Crippen LogP contribution in [0.5, 0.6) is 0 Å². The fraction of sp³-hybridized carbons (Fsp3) is 0.455. The maximum absolute atomic E-state index is 14.3. The summed E-state index contributed by atoms with van der Waals surface area (Å²) in [5.41, 5.74) is 8.17. The van der Waals surface area contributed by atoms with E-state index < -0.39 is 17.7 Å². The summed E-state index contributed by atoms with van der Waals surface area (Å²) in [6, 6.07) is 1.85. The van der Waals surface area contributed by atoms with E-state index in [4.69, 9.17) is 5.73 Å². The summed E-state index contributed by atoms with van der Waals surface area (Å²) in [7, 11) is 0. The summed E-state index contributed by atoms with van der Waals surface area (Å²) in [5.74, 6) is -0.929. The molecule has 3 N–H and O–H groups in total. The molecule has 9 nitrogen and oxygen atoms in total. The Balaban J connectivity index is 1.50. The Labute approximate surface area is 188 Å². The molecule has 174 valence electrons. The highest BCUT2D eigenvalue weighted by Gasteiger charge is 2.28. The van der Waals surface area contributed by atoms with Crippen LogP contribution in [0.4, 0.5) is 20.4 Å². The lowest BCUT2D eigenvalue weighted by Gasteiger charge is -2.32. The van der Waals surface area contributed by atoms with Gasteiger partial charge in [-0.15, -0.1) is 5.10 Å². The minimum atomic E-state index is -0.786. The number of nitrogen functional groups attached to an aromatic ring is 1. The molecular weight excluding hydrogens is 430 g/mol. The summed E-state index contributed by atoms with van der Waals surface area (Å²) in [6.45, 7) is 7.15. The van der Waals surface area contributed by atoms with Crippen LogP contribution in [-0.4, -0.2) is 53.7 Å². The summed E-state index contributed by atoms with van der Waals surface area (Å²) in [6.07, 6.45) is 3.25. The standard InChI is InChI=1S/C22H26F2N8O/c1-11-18(10-31(28-11)12(2)13(3)33)30-6-4-5-14(9-30)20-27-21-16-7-15(23)8-17(24)19(16)26-22(25)32(21)29-20/h7-8,10,12-14,33H,4-6,9H2,1-3H3,(H2,25,26)/t12-,13-,14-/m1/s1. The molecule has 0 amide bonds. The Morgan fingerprint density at radius 2 is 1.97 bits per heavy atom. The first-order chi connectivity index (χ1) is 15.7. The Kier molecular flexibility index (Phi) is 5.15. The van der Waals surface area contributed by atoms with E-state index >= 15 is 0 Å². The molecule has 1 aliphatic heterocycles. The van der Waals surface area contributed by atoms with Gasteiger partial charge in [0, 0.05) is 31.3 Å². The first kappa shape index (κ1) is 21.5. The second-order valence-electron chi connectivity index (χ2n) is 8.81. The van der Waals surface area contributed by atoms with Gasteiger partial charge in [-0.3, -0.25) is 4.68 Å². The molecule has 0 spiro atoms. The van der Waals surface area contributed by atoms with Gasteiger partial charge in [0.05, 0.1) is 28.9 Å². The molecule has 1 fully saturated rings. The zero-order chi connectivity index (χ0) is 23.4. The van der Waals surface area contributed by atoms with Crippen LogP contribution in [-0.2, 0) is 0 Å². The van der Waals surface area contributed by atoms with E-state index in [-0.39, 0.29) is 34.5 Å². The maximum Gasteiger partial charge on any atom is 0.223 e. The first-order valence-corrected chi connectivity index (χ1v) is 11.0. The molecule has 33 heavy (non-hydrogen) atoms. The number of anilines is 2. The van der Waals surface area contributed by atoms with E-state index in [9.17, 15) is 13.9 Å². The van der Waals surface area contributed by atoms with Crippen molar-refractivity contribution >= 4 is 28.2 Å². The third kappa shape index (κ3) is 3.65. The Hall–Kier alpha value is -3.34. The molecule has 4 aromatic rings. The van der Waals surface area contributed by atoms with Crippen LogP contribution in [0, 0.1) is 18.6 Å². The Bertz CT molecular complexity index is 1350. The van der Waals surface area contributed by atoms with Gasteiger partial charge in [0.25, 0.3) is 0 Å². The highest BCUT2D eigenvalue weighted by molar-refractivity contribution is 5.92. The van der Waals surface area contributed by atoms with Crippen molar-refractivity contribution in [3.8, 4) is 0 Å². The number of nitrogens with two attached hydrogens (primary N) is 1. The summed E-state index contributed by atoms with van der Waals surface area (Å²) < 4.78 is 31.3. The van der Waals surface area contributed by atoms with Crippen LogP contribution in [0.2, 0.25) is 0 Å². The van der Waals surface area contributed by atoms with Crippen LogP contribution in [0.1, 0.15) is 50.2 Å². The maximum atomic E-state index is 14.3. The average molecular weight is 457 g/mol. The average Bonchev–Trinajstić information content (AvgIpc) is 3.39. The van der Waals surface area contributed by atoms with Gasteiger partial charge in [-0.2, -0.15) is 9.61 Å². The second kappa shape index (κ2) is 7.91. The van der Waals surface area contributed by atoms with Crippen LogP contribution >= 0.6 is 0 Å². The largest absolute Gasteiger partial charge is 0.391 e. The molecule has 0 saturated carbocycles. The number of piperidine rings is 1. The van der Waals surface area contributed by atoms with Gasteiger partial charge < -0.3 is 15.7 Å². The minimum absolute atomic E-state index is 0.00124. The van der Waals surface area contributed by atoms with Crippen molar-refractivity contribution in [3.05, 3.63) is 41.5 Å². The lowest BCUT2D eigenvalue weighted by molar-refractivity contribution is 0.132. The van der Waals surface area contributed by atoms with E-state index in [1.165, 1.54) is 10.6 Å². The number of halogens is 2. The monoisotopic (exact) mass is 456 g/mol. The van der Waals surface area contributed by atoms with E-state index in [1.54, 1.807) is 11.6 Å². The van der Waals surface area contributed by atoms with Crippen LogP contribution in [0.25, 0.3) is 16.6 Å². The smallest absolute Gasteiger partial charge is 0.223 e. The van der Waals surface area contributed by atoms with E-state index in [1.807, 2.05) is 20.0 Å². The van der Waals surface area contributed by atoms with Crippen molar-refractivity contribution in [2.75, 3.05) is 23.7 Å². The molecule has 0 bridgehead atoms. The minimum Gasteiger partial charge on any atom is -0.391 e. The van der Waals surface area contributed by atoms with Crippen LogP contribution in [0.3, 0.4) is 0 Å². The highest BCUT2D eigenvalue weighted by Crippen LogP contribution is 2.32. The Morgan fingerprint density at radius 3 is 2.73 bits per heavy atom. The van der Waals surface area contributed by atoms with Crippen molar-refractivity contribution in [2.24, 2.45) is 0 Å². The number of aryl methyl sites for hydroxylation is 1. The predicted octanol–water partition coefficient (Wildman–Crippen LogP) is 2.97.